The van der Waals surface area contributed by atoms with Gasteiger partial charge >= 0.3 is 0 Å². The maximum atomic E-state index is 13.9. The van der Waals surface area contributed by atoms with Crippen molar-refractivity contribution in [1.29, 1.82) is 0 Å². The number of aromatic hydroxyl groups is 1. The summed E-state index contributed by atoms with van der Waals surface area (Å²) in [5.74, 6) is 0.295. The Kier molecular flexibility index (Phi) is 5.47. The monoisotopic (exact) mass is 358 g/mol. The van der Waals surface area contributed by atoms with Crippen LogP contribution in [0.1, 0.15) is 49.6 Å². The van der Waals surface area contributed by atoms with E-state index in [-0.39, 0.29) is 17.1 Å². The molecule has 0 aliphatic carbocycles. The highest BCUT2D eigenvalue weighted by atomic mass is 19.1. The summed E-state index contributed by atoms with van der Waals surface area (Å²) in [4.78, 5) is 15.3. The molecule has 0 unspecified atom stereocenters. The molecule has 1 N–H and O–H groups in total. The molecule has 1 aliphatic rings. The van der Waals surface area contributed by atoms with Gasteiger partial charge in [0.05, 0.1) is 11.6 Å². The summed E-state index contributed by atoms with van der Waals surface area (Å²) in [5, 5.41) is 10.6. The Balaban J connectivity index is 2.17. The number of aryl methyl sites for hydroxylation is 1. The van der Waals surface area contributed by atoms with Crippen molar-refractivity contribution < 1.29 is 9.50 Å². The molecular formula is C21H27FN2O2. The number of benzene rings is 1. The van der Waals surface area contributed by atoms with Crippen molar-refractivity contribution >= 4 is 0 Å². The third-order valence-corrected chi connectivity index (χ3v) is 5.46. The van der Waals surface area contributed by atoms with Crippen LogP contribution in [0.3, 0.4) is 0 Å². The molecule has 0 bridgehead atoms. The second-order valence-electron chi connectivity index (χ2n) is 7.31. The minimum absolute atomic E-state index is 0.00918. The zero-order chi connectivity index (χ0) is 18.8. The molecule has 4 nitrogen and oxygen atoms in total. The van der Waals surface area contributed by atoms with Crippen LogP contribution in [0.4, 0.5) is 4.39 Å². The first-order valence-corrected chi connectivity index (χ1v) is 9.35. The molecule has 1 aromatic carbocycles. The average molecular weight is 358 g/mol. The van der Waals surface area contributed by atoms with Gasteiger partial charge in [0.25, 0.3) is 5.56 Å². The molecule has 0 amide bonds. The molecule has 1 aromatic heterocycles. The van der Waals surface area contributed by atoms with Gasteiger partial charge < -0.3 is 9.67 Å². The van der Waals surface area contributed by atoms with Gasteiger partial charge in [0.2, 0.25) is 0 Å². The lowest BCUT2D eigenvalue weighted by Crippen LogP contribution is -2.40. The summed E-state index contributed by atoms with van der Waals surface area (Å²) in [6.45, 7) is 8.12. The summed E-state index contributed by atoms with van der Waals surface area (Å²) < 4.78 is 15.6. The SMILES string of the molecule is CCn1c(C)cc(O)c([C@@H](c2cccc(F)c2)N2CCC(C)CC2)c1=O. The molecule has 140 valence electrons. The van der Waals surface area contributed by atoms with E-state index in [1.54, 1.807) is 16.7 Å². The Morgan fingerprint density at radius 2 is 1.96 bits per heavy atom. The number of likely N-dealkylation sites (tertiary alicyclic amines) is 1. The minimum atomic E-state index is -0.441. The summed E-state index contributed by atoms with van der Waals surface area (Å²) >= 11 is 0. The van der Waals surface area contributed by atoms with Crippen LogP contribution in [0.15, 0.2) is 35.1 Å². The molecule has 1 fully saturated rings. The number of nitrogens with zero attached hydrogens (tertiary/aromatic N) is 2. The zero-order valence-corrected chi connectivity index (χ0v) is 15.7. The summed E-state index contributed by atoms with van der Waals surface area (Å²) in [6.07, 6.45) is 2.06. The molecule has 1 aliphatic heterocycles. The Labute approximate surface area is 153 Å². The average Bonchev–Trinajstić information content (AvgIpc) is 2.60. The molecule has 3 rings (SSSR count). The van der Waals surface area contributed by atoms with Crippen LogP contribution in [-0.4, -0.2) is 27.7 Å². The highest BCUT2D eigenvalue weighted by molar-refractivity contribution is 5.41. The van der Waals surface area contributed by atoms with Gasteiger partial charge in [-0.1, -0.05) is 19.1 Å². The standard InChI is InChI=1S/C21H27FN2O2/c1-4-24-15(3)12-18(25)19(21(24)26)20(16-6-5-7-17(22)13-16)23-10-8-14(2)9-11-23/h5-7,12-14,20,25H,4,8-11H2,1-3H3/t20-/m1/s1. The third-order valence-electron chi connectivity index (χ3n) is 5.46. The topological polar surface area (TPSA) is 45.5 Å². The van der Waals surface area contributed by atoms with Crippen LogP contribution in [0.2, 0.25) is 0 Å². The molecule has 0 spiro atoms. The van der Waals surface area contributed by atoms with Gasteiger partial charge in [-0.25, -0.2) is 4.39 Å². The van der Waals surface area contributed by atoms with Crippen LogP contribution in [-0.2, 0) is 6.54 Å². The highest BCUT2D eigenvalue weighted by Crippen LogP contribution is 2.35. The lowest BCUT2D eigenvalue weighted by Gasteiger charge is -2.37. The molecular weight excluding hydrogens is 331 g/mol. The number of piperidine rings is 1. The smallest absolute Gasteiger partial charge is 0.259 e. The Bertz CT molecular complexity index is 838. The second kappa shape index (κ2) is 7.62. The Hall–Kier alpha value is -2.14. The van der Waals surface area contributed by atoms with Crippen LogP contribution >= 0.6 is 0 Å². The van der Waals surface area contributed by atoms with Crippen molar-refractivity contribution in [2.75, 3.05) is 13.1 Å². The van der Waals surface area contributed by atoms with E-state index >= 15 is 0 Å². The lowest BCUT2D eigenvalue weighted by atomic mass is 9.92. The van der Waals surface area contributed by atoms with Gasteiger partial charge in [-0.15, -0.1) is 0 Å². The van der Waals surface area contributed by atoms with E-state index in [2.05, 4.69) is 11.8 Å². The van der Waals surface area contributed by atoms with Crippen LogP contribution in [0.25, 0.3) is 0 Å². The molecule has 2 heterocycles. The van der Waals surface area contributed by atoms with Crippen molar-refractivity contribution in [3.05, 3.63) is 63.3 Å². The number of hydrogen-bond donors (Lipinski definition) is 1. The molecule has 0 radical (unpaired) electrons. The van der Waals surface area contributed by atoms with E-state index in [0.717, 1.165) is 31.6 Å². The van der Waals surface area contributed by atoms with E-state index in [9.17, 15) is 14.3 Å². The number of aromatic nitrogens is 1. The fourth-order valence-corrected chi connectivity index (χ4v) is 3.94. The quantitative estimate of drug-likeness (QED) is 0.903. The highest BCUT2D eigenvalue weighted by Gasteiger charge is 2.31. The summed E-state index contributed by atoms with van der Waals surface area (Å²) in [6, 6.07) is 7.56. The van der Waals surface area contributed by atoms with Crippen LogP contribution in [0, 0.1) is 18.7 Å². The normalized spacial score (nSPS) is 17.4. The second-order valence-corrected chi connectivity index (χ2v) is 7.31. The Morgan fingerprint density at radius 1 is 1.27 bits per heavy atom. The molecule has 1 saturated heterocycles. The first kappa shape index (κ1) is 18.6. The van der Waals surface area contributed by atoms with E-state index in [1.807, 2.05) is 19.9 Å². The Morgan fingerprint density at radius 3 is 2.58 bits per heavy atom. The fraction of sp³-hybridized carbons (Fsp3) is 0.476. The summed E-state index contributed by atoms with van der Waals surface area (Å²) in [7, 11) is 0. The van der Waals surface area contributed by atoms with Gasteiger partial charge in [-0.3, -0.25) is 9.69 Å². The van der Waals surface area contributed by atoms with Gasteiger partial charge in [-0.05, 0) is 69.5 Å². The van der Waals surface area contributed by atoms with E-state index < -0.39 is 6.04 Å². The van der Waals surface area contributed by atoms with Crippen molar-refractivity contribution in [2.24, 2.45) is 5.92 Å². The van der Waals surface area contributed by atoms with Crippen molar-refractivity contribution in [2.45, 2.75) is 46.2 Å². The van der Waals surface area contributed by atoms with E-state index in [1.165, 1.54) is 12.1 Å². The van der Waals surface area contributed by atoms with Gasteiger partial charge in [0.1, 0.15) is 11.6 Å². The summed E-state index contributed by atoms with van der Waals surface area (Å²) in [5.41, 5.74) is 1.58. The fourth-order valence-electron chi connectivity index (χ4n) is 3.94. The molecule has 2 aromatic rings. The molecule has 1 atom stereocenters. The molecule has 26 heavy (non-hydrogen) atoms. The minimum Gasteiger partial charge on any atom is -0.507 e. The number of halogens is 1. The first-order valence-electron chi connectivity index (χ1n) is 9.35. The van der Waals surface area contributed by atoms with E-state index in [4.69, 9.17) is 0 Å². The number of hydrogen-bond acceptors (Lipinski definition) is 3. The van der Waals surface area contributed by atoms with Crippen molar-refractivity contribution in [3.63, 3.8) is 0 Å². The lowest BCUT2D eigenvalue weighted by molar-refractivity contribution is 0.154. The van der Waals surface area contributed by atoms with Gasteiger partial charge in [0.15, 0.2) is 0 Å². The maximum absolute atomic E-state index is 13.9. The molecule has 5 heteroatoms. The van der Waals surface area contributed by atoms with Gasteiger partial charge in [-0.2, -0.15) is 0 Å². The molecule has 0 saturated carbocycles. The predicted octanol–water partition coefficient (Wildman–Crippen LogP) is 3.84. The van der Waals surface area contributed by atoms with Crippen molar-refractivity contribution in [1.82, 2.24) is 9.47 Å². The number of pyridine rings is 1. The predicted molar refractivity (Wildman–Crippen MR) is 101 cm³/mol. The van der Waals surface area contributed by atoms with E-state index in [0.29, 0.717) is 23.6 Å². The third kappa shape index (κ3) is 3.54. The largest absolute Gasteiger partial charge is 0.507 e. The zero-order valence-electron chi connectivity index (χ0n) is 15.7. The van der Waals surface area contributed by atoms with Crippen LogP contribution in [0.5, 0.6) is 5.75 Å². The maximum Gasteiger partial charge on any atom is 0.259 e. The van der Waals surface area contributed by atoms with Gasteiger partial charge in [0, 0.05) is 12.2 Å². The van der Waals surface area contributed by atoms with Crippen LogP contribution < -0.4 is 5.56 Å². The van der Waals surface area contributed by atoms with Crippen molar-refractivity contribution in [3.8, 4) is 5.75 Å². The number of rotatable bonds is 4. The first-order chi connectivity index (χ1) is 12.4.